The van der Waals surface area contributed by atoms with Crippen LogP contribution in [0.1, 0.15) is 65.5 Å². The average molecular weight is 752 g/mol. The van der Waals surface area contributed by atoms with Gasteiger partial charge in [0, 0.05) is 43.0 Å². The molecule has 4 atom stereocenters. The molecule has 0 radical (unpaired) electrons. The Kier molecular flexibility index (Phi) is 12.1. The predicted octanol–water partition coefficient (Wildman–Crippen LogP) is 7.60. The summed E-state index contributed by atoms with van der Waals surface area (Å²) in [7, 11) is 0. The number of alkyl halides is 2. The largest absolute Gasteiger partial charge is 0.444 e. The molecule has 290 valence electrons. The summed E-state index contributed by atoms with van der Waals surface area (Å²) < 4.78 is 53.3. The molecule has 3 aromatic carbocycles. The van der Waals surface area contributed by atoms with Crippen LogP contribution in [0.4, 0.5) is 39.8 Å². The zero-order valence-electron chi connectivity index (χ0n) is 31.4. The summed E-state index contributed by atoms with van der Waals surface area (Å²) in [6.07, 6.45) is -4.44. The van der Waals surface area contributed by atoms with Gasteiger partial charge in [0.25, 0.3) is 0 Å². The lowest BCUT2D eigenvalue weighted by Crippen LogP contribution is -2.45. The van der Waals surface area contributed by atoms with Crippen LogP contribution >= 0.6 is 0 Å². The third kappa shape index (κ3) is 10.9. The number of nitrogens with one attached hydrogen (secondary N) is 2. The maximum absolute atomic E-state index is 14.3. The first kappa shape index (κ1) is 39.9. The van der Waals surface area contributed by atoms with Gasteiger partial charge in [0.1, 0.15) is 41.4 Å². The van der Waals surface area contributed by atoms with Gasteiger partial charge in [0.2, 0.25) is 11.8 Å². The summed E-state index contributed by atoms with van der Waals surface area (Å²) in [5.41, 5.74) is 1.84. The third-order valence-electron chi connectivity index (χ3n) is 8.74. The highest BCUT2D eigenvalue weighted by Crippen LogP contribution is 2.28. The van der Waals surface area contributed by atoms with E-state index in [0.29, 0.717) is 24.5 Å². The molecule has 4 amide bonds. The monoisotopic (exact) mass is 751 g/mol. The number of anilines is 3. The van der Waals surface area contributed by atoms with E-state index in [9.17, 15) is 32.3 Å². The second kappa shape index (κ2) is 16.4. The minimum absolute atomic E-state index is 0.129. The van der Waals surface area contributed by atoms with Gasteiger partial charge < -0.3 is 25.0 Å². The Bertz CT molecular complexity index is 1690. The number of hydrogen-bond acceptors (Lipinski definition) is 7. The zero-order chi connectivity index (χ0) is 39.4. The van der Waals surface area contributed by atoms with Crippen molar-refractivity contribution in [2.75, 3.05) is 28.6 Å². The van der Waals surface area contributed by atoms with Gasteiger partial charge in [-0.25, -0.2) is 22.8 Å². The summed E-state index contributed by atoms with van der Waals surface area (Å²) in [5.74, 6) is -1.41. The van der Waals surface area contributed by atoms with Crippen LogP contribution < -0.4 is 15.5 Å². The lowest BCUT2D eigenvalue weighted by atomic mass is 10.1. The van der Waals surface area contributed by atoms with E-state index in [1.165, 1.54) is 12.1 Å². The van der Waals surface area contributed by atoms with E-state index in [4.69, 9.17) is 9.47 Å². The molecule has 2 heterocycles. The zero-order valence-corrected chi connectivity index (χ0v) is 31.4. The molecule has 0 aromatic heterocycles. The van der Waals surface area contributed by atoms with Crippen LogP contribution in [0.25, 0.3) is 0 Å². The van der Waals surface area contributed by atoms with E-state index in [1.54, 1.807) is 77.9 Å². The lowest BCUT2D eigenvalue weighted by molar-refractivity contribution is -0.121. The van der Waals surface area contributed by atoms with Crippen molar-refractivity contribution in [3.63, 3.8) is 0 Å². The minimum Gasteiger partial charge on any atom is -0.444 e. The quantitative estimate of drug-likeness (QED) is 0.231. The van der Waals surface area contributed by atoms with Gasteiger partial charge in [0.15, 0.2) is 0 Å². The first-order valence-electron chi connectivity index (χ1n) is 17.9. The topological polar surface area (TPSA) is 121 Å². The first-order chi connectivity index (χ1) is 25.3. The average Bonchev–Trinajstić information content (AvgIpc) is 3.68. The SMILES string of the molecule is CC(C)(C)OC(=O)N1C[C@H](F)CC1C(=O)Nc1ccc(CN(Cc2ccc(NC(=O)[C@@H]3CC(F)CN3C(=O)OC(C)(C)C)cc2)c2ccc(F)cc2)cc1. The van der Waals surface area contributed by atoms with Crippen LogP contribution in [0.15, 0.2) is 72.8 Å². The van der Waals surface area contributed by atoms with Crippen LogP contribution in [0.3, 0.4) is 0 Å². The highest BCUT2D eigenvalue weighted by molar-refractivity contribution is 5.97. The van der Waals surface area contributed by atoms with Crippen molar-refractivity contribution in [2.45, 2.75) is 103 Å². The van der Waals surface area contributed by atoms with Crippen LogP contribution in [-0.2, 0) is 32.2 Å². The normalized spacial score (nSPS) is 20.0. The summed E-state index contributed by atoms with van der Waals surface area (Å²) in [4.78, 5) is 55.9. The summed E-state index contributed by atoms with van der Waals surface area (Å²) in [6.45, 7) is 10.6. The lowest BCUT2D eigenvalue weighted by Gasteiger charge is -2.28. The number of nitrogens with zero attached hydrogens (tertiary/aromatic N) is 3. The number of amides is 4. The van der Waals surface area contributed by atoms with Gasteiger partial charge in [-0.05, 0) is 101 Å². The fourth-order valence-corrected chi connectivity index (χ4v) is 6.28. The number of carbonyl (C=O) groups excluding carboxylic acids is 4. The third-order valence-corrected chi connectivity index (χ3v) is 8.74. The predicted molar refractivity (Wildman–Crippen MR) is 199 cm³/mol. The molecule has 11 nitrogen and oxygen atoms in total. The van der Waals surface area contributed by atoms with Crippen molar-refractivity contribution in [1.29, 1.82) is 0 Å². The number of ether oxygens (including phenoxy) is 2. The van der Waals surface area contributed by atoms with Gasteiger partial charge >= 0.3 is 12.2 Å². The van der Waals surface area contributed by atoms with Gasteiger partial charge in [0.05, 0.1) is 13.1 Å². The van der Waals surface area contributed by atoms with Crippen LogP contribution in [-0.4, -0.2) is 82.5 Å². The molecule has 2 fully saturated rings. The maximum Gasteiger partial charge on any atom is 0.411 e. The van der Waals surface area contributed by atoms with E-state index in [2.05, 4.69) is 10.6 Å². The number of rotatable bonds is 9. The second-order valence-electron chi connectivity index (χ2n) is 15.7. The minimum atomic E-state index is -1.35. The molecule has 54 heavy (non-hydrogen) atoms. The molecule has 0 saturated carbocycles. The fraction of sp³-hybridized carbons (Fsp3) is 0.450. The molecule has 0 spiro atoms. The number of halogens is 3. The van der Waals surface area contributed by atoms with E-state index in [0.717, 1.165) is 26.6 Å². The summed E-state index contributed by atoms with van der Waals surface area (Å²) in [6, 6.07) is 18.2. The molecule has 5 rings (SSSR count). The van der Waals surface area contributed by atoms with E-state index in [-0.39, 0.29) is 31.7 Å². The van der Waals surface area contributed by atoms with Crippen molar-refractivity contribution in [3.05, 3.63) is 89.7 Å². The van der Waals surface area contributed by atoms with E-state index < -0.39 is 59.6 Å². The van der Waals surface area contributed by atoms with E-state index in [1.807, 2.05) is 29.2 Å². The van der Waals surface area contributed by atoms with Crippen LogP contribution in [0.2, 0.25) is 0 Å². The van der Waals surface area contributed by atoms with Crippen molar-refractivity contribution >= 4 is 41.1 Å². The van der Waals surface area contributed by atoms with Gasteiger partial charge in [-0.2, -0.15) is 0 Å². The molecule has 2 saturated heterocycles. The Labute approximate surface area is 313 Å². The van der Waals surface area contributed by atoms with Gasteiger partial charge in [-0.1, -0.05) is 24.3 Å². The smallest absolute Gasteiger partial charge is 0.411 e. The first-order valence-corrected chi connectivity index (χ1v) is 17.9. The van der Waals surface area contributed by atoms with Crippen molar-refractivity contribution in [2.24, 2.45) is 0 Å². The molecular weight excluding hydrogens is 703 g/mol. The molecule has 14 heteroatoms. The number of hydrogen-bond donors (Lipinski definition) is 2. The molecule has 2 aliphatic heterocycles. The maximum atomic E-state index is 14.3. The molecule has 3 aromatic rings. The highest BCUT2D eigenvalue weighted by Gasteiger charge is 2.43. The summed E-state index contributed by atoms with van der Waals surface area (Å²) in [5, 5.41) is 5.56. The molecule has 2 N–H and O–H groups in total. The number of benzene rings is 3. The highest BCUT2D eigenvalue weighted by atomic mass is 19.1. The summed E-state index contributed by atoms with van der Waals surface area (Å²) >= 11 is 0. The van der Waals surface area contributed by atoms with Gasteiger partial charge in [-0.15, -0.1) is 0 Å². The Morgan fingerprint density at radius 2 is 1.02 bits per heavy atom. The standard InChI is InChI=1S/C40H48F3N5O6/c1-39(2,3)53-37(51)47-23-28(42)19-33(47)35(49)44-30-13-7-25(8-14-30)21-46(32-17-11-27(41)12-18-32)22-26-9-15-31(16-10-26)45-36(50)34-20-29(43)24-48(34)38(52)54-40(4,5)6/h7-18,28-29,33-34H,19-24H2,1-6H3,(H,44,49)(H,45,50)/t28-,29?,33?,34+/m1/s1. The van der Waals surface area contributed by atoms with Crippen LogP contribution in [0, 0.1) is 5.82 Å². The van der Waals surface area contributed by atoms with Crippen molar-refractivity contribution in [3.8, 4) is 0 Å². The fourth-order valence-electron chi connectivity index (χ4n) is 6.28. The molecule has 2 unspecified atom stereocenters. The Balaban J connectivity index is 1.23. The van der Waals surface area contributed by atoms with Crippen LogP contribution in [0.5, 0.6) is 0 Å². The number of likely N-dealkylation sites (tertiary alicyclic amines) is 2. The van der Waals surface area contributed by atoms with Gasteiger partial charge in [-0.3, -0.25) is 19.4 Å². The molecule has 0 aliphatic carbocycles. The Morgan fingerprint density at radius 3 is 1.37 bits per heavy atom. The number of carbonyl (C=O) groups is 4. The van der Waals surface area contributed by atoms with Crippen molar-refractivity contribution < 1.29 is 41.8 Å². The molecule has 2 aliphatic rings. The van der Waals surface area contributed by atoms with Crippen molar-refractivity contribution in [1.82, 2.24) is 9.80 Å². The molecular formula is C40H48F3N5O6. The molecule has 0 bridgehead atoms. The Morgan fingerprint density at radius 1 is 0.648 bits per heavy atom. The van der Waals surface area contributed by atoms with E-state index >= 15 is 0 Å². The second-order valence-corrected chi connectivity index (χ2v) is 15.7. The Hall–Kier alpha value is -5.27.